The molecule has 7 nitrogen and oxygen atoms in total. The molecule has 34 heavy (non-hydrogen) atoms. The second-order valence-corrected chi connectivity index (χ2v) is 9.42. The van der Waals surface area contributed by atoms with Crippen molar-refractivity contribution in [3.8, 4) is 23.1 Å². The topological polar surface area (TPSA) is 80.9 Å². The van der Waals surface area contributed by atoms with E-state index >= 15 is 0 Å². The van der Waals surface area contributed by atoms with Crippen molar-refractivity contribution in [1.29, 1.82) is 5.26 Å². The number of fused-ring (bicyclic) bond motifs is 4. The van der Waals surface area contributed by atoms with Crippen LogP contribution >= 0.6 is 11.8 Å². The molecule has 0 unspecified atom stereocenters. The third-order valence-corrected chi connectivity index (χ3v) is 7.42. The molecule has 0 fully saturated rings. The van der Waals surface area contributed by atoms with Crippen LogP contribution in [0, 0.1) is 11.3 Å². The van der Waals surface area contributed by atoms with E-state index < -0.39 is 0 Å². The molecule has 0 N–H and O–H groups in total. The van der Waals surface area contributed by atoms with Gasteiger partial charge in [-0.1, -0.05) is 42.4 Å². The summed E-state index contributed by atoms with van der Waals surface area (Å²) in [6, 6.07) is 17.7. The Labute approximate surface area is 200 Å². The number of hydrogen-bond acceptors (Lipinski definition) is 5. The fourth-order valence-corrected chi connectivity index (χ4v) is 5.78. The molecule has 8 heteroatoms. The summed E-state index contributed by atoms with van der Waals surface area (Å²) in [4.78, 5) is 18.3. The van der Waals surface area contributed by atoms with Crippen LogP contribution in [0.25, 0.3) is 22.6 Å². The van der Waals surface area contributed by atoms with E-state index in [1.165, 1.54) is 4.68 Å². The van der Waals surface area contributed by atoms with E-state index in [4.69, 9.17) is 4.98 Å². The Morgan fingerprint density at radius 2 is 1.91 bits per heavy atom. The SMILES string of the molecule is N#Cc1c(CSc2nc3nn(-c4ccccc4)c(=O)c-3c3n2CCCCC3)cn2ccccc12. The molecule has 0 saturated carbocycles. The quantitative estimate of drug-likeness (QED) is 0.284. The second-order valence-electron chi connectivity index (χ2n) is 8.48. The van der Waals surface area contributed by atoms with Gasteiger partial charge in [0.2, 0.25) is 0 Å². The molecule has 1 aromatic carbocycles. The van der Waals surface area contributed by atoms with Gasteiger partial charge in [0.15, 0.2) is 11.0 Å². The van der Waals surface area contributed by atoms with Gasteiger partial charge in [0.1, 0.15) is 11.6 Å². The minimum absolute atomic E-state index is 0.110. The van der Waals surface area contributed by atoms with Crippen molar-refractivity contribution < 1.29 is 0 Å². The predicted molar refractivity (Wildman–Crippen MR) is 131 cm³/mol. The second kappa shape index (κ2) is 8.50. The highest BCUT2D eigenvalue weighted by Crippen LogP contribution is 2.33. The number of thioether (sulfide) groups is 1. The zero-order valence-electron chi connectivity index (χ0n) is 18.5. The van der Waals surface area contributed by atoms with Gasteiger partial charge in [-0.3, -0.25) is 4.79 Å². The minimum Gasteiger partial charge on any atom is -0.324 e. The van der Waals surface area contributed by atoms with Crippen LogP contribution in [0.15, 0.2) is 70.9 Å². The summed E-state index contributed by atoms with van der Waals surface area (Å²) < 4.78 is 5.66. The smallest absolute Gasteiger partial charge is 0.284 e. The van der Waals surface area contributed by atoms with Gasteiger partial charge >= 0.3 is 0 Å². The number of para-hydroxylation sites is 1. The van der Waals surface area contributed by atoms with Gasteiger partial charge in [0.25, 0.3) is 5.56 Å². The number of aromatic nitrogens is 5. The van der Waals surface area contributed by atoms with Crippen LogP contribution in [0.1, 0.15) is 36.1 Å². The standard InChI is InChI=1S/C26H22N6OS/c27-15-20-18(16-30-13-8-6-11-21(20)30)17-34-26-28-24-23(22-12-5-2-7-14-31(22)26)25(33)32(29-24)19-9-3-1-4-10-19/h1,3-4,6,8-11,13,16H,2,5,7,12,14,17H2. The van der Waals surface area contributed by atoms with Crippen LogP contribution in [0.5, 0.6) is 0 Å². The summed E-state index contributed by atoms with van der Waals surface area (Å²) in [5, 5.41) is 15.2. The Bertz CT molecular complexity index is 1570. The fraction of sp³-hybridized carbons (Fsp3) is 0.231. The van der Waals surface area contributed by atoms with Crippen molar-refractivity contribution >= 4 is 17.3 Å². The first kappa shape index (κ1) is 20.8. The van der Waals surface area contributed by atoms with Crippen molar-refractivity contribution in [2.24, 2.45) is 0 Å². The lowest BCUT2D eigenvalue weighted by molar-refractivity contribution is 0.571. The molecule has 0 bridgehead atoms. The van der Waals surface area contributed by atoms with Crippen LogP contribution in [-0.2, 0) is 18.7 Å². The largest absolute Gasteiger partial charge is 0.324 e. The maximum Gasteiger partial charge on any atom is 0.284 e. The average Bonchev–Trinajstić information content (AvgIpc) is 3.28. The first-order valence-corrected chi connectivity index (χ1v) is 12.4. The maximum atomic E-state index is 13.4. The van der Waals surface area contributed by atoms with E-state index in [1.807, 2.05) is 65.3 Å². The highest BCUT2D eigenvalue weighted by Gasteiger charge is 2.27. The molecule has 5 heterocycles. The van der Waals surface area contributed by atoms with Gasteiger partial charge in [-0.05, 0) is 49.1 Å². The van der Waals surface area contributed by atoms with Crippen LogP contribution in [0.2, 0.25) is 0 Å². The van der Waals surface area contributed by atoms with Crippen LogP contribution in [0.4, 0.5) is 0 Å². The summed E-state index contributed by atoms with van der Waals surface area (Å²) >= 11 is 1.60. The van der Waals surface area contributed by atoms with Crippen molar-refractivity contribution in [3.63, 3.8) is 0 Å². The molecule has 0 radical (unpaired) electrons. The Morgan fingerprint density at radius 1 is 1.06 bits per heavy atom. The lowest BCUT2D eigenvalue weighted by atomic mass is 10.1. The van der Waals surface area contributed by atoms with Gasteiger partial charge in [-0.25, -0.2) is 4.98 Å². The summed E-state index contributed by atoms with van der Waals surface area (Å²) in [6.45, 7) is 0.833. The molecule has 0 atom stereocenters. The first-order chi connectivity index (χ1) is 16.7. The Hall–Kier alpha value is -3.83. The van der Waals surface area contributed by atoms with Crippen LogP contribution in [-0.4, -0.2) is 23.7 Å². The lowest BCUT2D eigenvalue weighted by Gasteiger charge is -2.17. The van der Waals surface area contributed by atoms with E-state index in [0.717, 1.165) is 59.8 Å². The normalized spacial score (nSPS) is 13.6. The lowest BCUT2D eigenvalue weighted by Crippen LogP contribution is -2.19. The third kappa shape index (κ3) is 3.40. The summed E-state index contributed by atoms with van der Waals surface area (Å²) in [5.74, 6) is 1.11. The van der Waals surface area contributed by atoms with E-state index in [0.29, 0.717) is 22.7 Å². The molecule has 0 spiro atoms. The molecule has 3 aliphatic rings. The van der Waals surface area contributed by atoms with Gasteiger partial charge in [0, 0.05) is 30.4 Å². The molecular formula is C26H22N6OS. The molecular weight excluding hydrogens is 444 g/mol. The summed E-state index contributed by atoms with van der Waals surface area (Å²) in [7, 11) is 0. The molecule has 0 saturated heterocycles. The molecule has 6 rings (SSSR count). The van der Waals surface area contributed by atoms with Crippen LogP contribution in [0.3, 0.4) is 0 Å². The molecule has 168 valence electrons. The van der Waals surface area contributed by atoms with Crippen molar-refractivity contribution in [1.82, 2.24) is 23.7 Å². The fourth-order valence-electron chi connectivity index (χ4n) is 4.77. The number of nitrogens with zero attached hydrogens (tertiary/aromatic N) is 6. The molecule has 3 aromatic rings. The Balaban J connectivity index is 1.45. The predicted octanol–water partition coefficient (Wildman–Crippen LogP) is 4.68. The van der Waals surface area contributed by atoms with Gasteiger partial charge in [0.05, 0.1) is 16.8 Å². The average molecular weight is 467 g/mol. The highest BCUT2D eigenvalue weighted by molar-refractivity contribution is 7.98. The van der Waals surface area contributed by atoms with Crippen molar-refractivity contribution in [2.75, 3.05) is 0 Å². The first-order valence-electron chi connectivity index (χ1n) is 11.4. The zero-order valence-corrected chi connectivity index (χ0v) is 19.3. The number of nitriles is 1. The van der Waals surface area contributed by atoms with Gasteiger partial charge in [-0.2, -0.15) is 9.94 Å². The Morgan fingerprint density at radius 3 is 2.76 bits per heavy atom. The van der Waals surface area contributed by atoms with Crippen molar-refractivity contribution in [2.45, 2.75) is 43.1 Å². The molecule has 2 aromatic heterocycles. The molecule has 3 aliphatic heterocycles. The van der Waals surface area contributed by atoms with Crippen LogP contribution < -0.4 is 5.56 Å². The van der Waals surface area contributed by atoms with E-state index in [1.54, 1.807) is 11.8 Å². The number of benzene rings is 1. The van der Waals surface area contributed by atoms with Gasteiger partial charge in [-0.15, -0.1) is 5.10 Å². The van der Waals surface area contributed by atoms with Gasteiger partial charge < -0.3 is 8.97 Å². The molecule has 0 aliphatic carbocycles. The number of rotatable bonds is 4. The summed E-state index contributed by atoms with van der Waals surface area (Å²) in [6.07, 6.45) is 8.03. The third-order valence-electron chi connectivity index (χ3n) is 6.40. The summed E-state index contributed by atoms with van der Waals surface area (Å²) in [5.41, 5.74) is 4.87. The molecule has 0 amide bonds. The van der Waals surface area contributed by atoms with Crippen molar-refractivity contribution in [3.05, 3.63) is 88.1 Å². The zero-order chi connectivity index (χ0) is 23.1. The highest BCUT2D eigenvalue weighted by atomic mass is 32.2. The monoisotopic (exact) mass is 466 g/mol. The maximum absolute atomic E-state index is 13.4. The van der Waals surface area contributed by atoms with E-state index in [2.05, 4.69) is 15.7 Å². The van der Waals surface area contributed by atoms with E-state index in [9.17, 15) is 10.1 Å². The Kier molecular flexibility index (Phi) is 5.19. The minimum atomic E-state index is -0.110. The van der Waals surface area contributed by atoms with E-state index in [-0.39, 0.29) is 5.56 Å². The number of pyridine rings is 1. The number of hydrogen-bond donors (Lipinski definition) is 0.